The van der Waals surface area contributed by atoms with Gasteiger partial charge in [0.2, 0.25) is 5.91 Å². The number of hydrogen-bond donors (Lipinski definition) is 2. The van der Waals surface area contributed by atoms with E-state index < -0.39 is 5.97 Å². The number of likely N-dealkylation sites (tertiary alicyclic amines) is 2. The predicted octanol–water partition coefficient (Wildman–Crippen LogP) is 10.2. The van der Waals surface area contributed by atoms with E-state index in [4.69, 9.17) is 0 Å². The average molecular weight is 953 g/mol. The van der Waals surface area contributed by atoms with Crippen LogP contribution in [0.3, 0.4) is 0 Å². The first-order chi connectivity index (χ1) is 34.4. The second kappa shape index (κ2) is 24.2. The summed E-state index contributed by atoms with van der Waals surface area (Å²) in [6, 6.07) is 51.3. The summed E-state index contributed by atoms with van der Waals surface area (Å²) in [7, 11) is 0. The third-order valence-corrected chi connectivity index (χ3v) is 15.1. The van der Waals surface area contributed by atoms with Crippen molar-refractivity contribution in [1.29, 1.82) is 0 Å². The Morgan fingerprint density at radius 2 is 0.887 bits per heavy atom. The molecule has 4 aliphatic heterocycles. The topological polar surface area (TPSA) is 82.6 Å². The van der Waals surface area contributed by atoms with Crippen molar-refractivity contribution < 1.29 is 14.7 Å². The van der Waals surface area contributed by atoms with Crippen molar-refractivity contribution in [2.45, 2.75) is 66.5 Å². The van der Waals surface area contributed by atoms with Crippen molar-refractivity contribution in [2.24, 2.45) is 11.8 Å². The number of piperazine rings is 2. The van der Waals surface area contributed by atoms with Gasteiger partial charge in [0.15, 0.2) is 0 Å². The van der Waals surface area contributed by atoms with Gasteiger partial charge in [0.25, 0.3) is 0 Å². The van der Waals surface area contributed by atoms with Crippen molar-refractivity contribution in [2.75, 3.05) is 88.3 Å². The van der Waals surface area contributed by atoms with Gasteiger partial charge in [-0.1, -0.05) is 145 Å². The number of carbonyl (C=O) groups is 2. The van der Waals surface area contributed by atoms with Gasteiger partial charge < -0.3 is 25.1 Å². The fraction of sp³-hybridized carbons (Fsp3) is 0.387. The SMILES string of the molecule is Cc1ccc(C)c(N2CCNCC2)c1.Cc1ccc([C@@H]2CN(Cc3ccccc3)C[C@H]2C(=O)N2CCN(c3cc(C)ccc3C)CC2)cc1.Cc1ccc([C@@H]2CN(Cc3ccccc3)C[C@H]2C(=O)O)cc1. The minimum atomic E-state index is -0.693. The van der Waals surface area contributed by atoms with E-state index in [1.165, 1.54) is 61.4 Å². The van der Waals surface area contributed by atoms with Gasteiger partial charge in [-0.3, -0.25) is 19.4 Å². The number of nitrogens with one attached hydrogen (secondary N) is 1. The summed E-state index contributed by atoms with van der Waals surface area (Å²) in [6.07, 6.45) is 0. The molecule has 0 aliphatic carbocycles. The number of aryl methyl sites for hydroxylation is 6. The molecule has 0 radical (unpaired) electrons. The minimum absolute atomic E-state index is 0.00803. The lowest BCUT2D eigenvalue weighted by Gasteiger charge is -2.38. The summed E-state index contributed by atoms with van der Waals surface area (Å²) in [5.41, 5.74) is 15.5. The number of rotatable bonds is 10. The number of carbonyl (C=O) groups excluding carboxylic acids is 1. The van der Waals surface area contributed by atoms with E-state index in [1.54, 1.807) is 0 Å². The van der Waals surface area contributed by atoms with Crippen molar-refractivity contribution >= 4 is 23.3 Å². The first-order valence-electron chi connectivity index (χ1n) is 25.9. The highest BCUT2D eigenvalue weighted by atomic mass is 16.4. The van der Waals surface area contributed by atoms with Crippen LogP contribution in [0.15, 0.2) is 146 Å². The summed E-state index contributed by atoms with van der Waals surface area (Å²) >= 11 is 0. The van der Waals surface area contributed by atoms with Crippen molar-refractivity contribution in [3.8, 4) is 0 Å². The Balaban J connectivity index is 0.000000159. The van der Waals surface area contributed by atoms with Gasteiger partial charge in [-0.05, 0) is 98.2 Å². The third-order valence-electron chi connectivity index (χ3n) is 15.1. The fourth-order valence-electron chi connectivity index (χ4n) is 10.9. The molecule has 4 saturated heterocycles. The van der Waals surface area contributed by atoms with Gasteiger partial charge in [0.05, 0.1) is 11.8 Å². The quantitative estimate of drug-likeness (QED) is 0.141. The maximum Gasteiger partial charge on any atom is 0.308 e. The molecule has 4 fully saturated rings. The molecule has 6 aromatic rings. The second-order valence-corrected chi connectivity index (χ2v) is 20.6. The van der Waals surface area contributed by atoms with Crippen LogP contribution in [-0.4, -0.2) is 110 Å². The van der Waals surface area contributed by atoms with Crippen molar-refractivity contribution in [1.82, 2.24) is 20.0 Å². The molecular formula is C62H76N6O3. The highest BCUT2D eigenvalue weighted by Crippen LogP contribution is 2.37. The van der Waals surface area contributed by atoms with Crippen LogP contribution in [0.1, 0.15) is 67.5 Å². The van der Waals surface area contributed by atoms with Crippen LogP contribution in [0.5, 0.6) is 0 Å². The first-order valence-corrected chi connectivity index (χ1v) is 25.9. The van der Waals surface area contributed by atoms with Gasteiger partial charge >= 0.3 is 5.97 Å². The number of nitrogens with zero attached hydrogens (tertiary/aromatic N) is 5. The zero-order valence-electron chi connectivity index (χ0n) is 43.1. The largest absolute Gasteiger partial charge is 0.481 e. The van der Waals surface area contributed by atoms with E-state index in [1.807, 2.05) is 18.2 Å². The third kappa shape index (κ3) is 13.6. The Kier molecular flexibility index (Phi) is 17.4. The molecule has 0 spiro atoms. The molecule has 9 heteroatoms. The smallest absolute Gasteiger partial charge is 0.308 e. The van der Waals surface area contributed by atoms with E-state index in [0.29, 0.717) is 12.5 Å². The number of carboxylic acid groups (broad SMARTS) is 1. The number of carboxylic acids is 1. The van der Waals surface area contributed by atoms with Gasteiger partial charge in [0.1, 0.15) is 0 Å². The van der Waals surface area contributed by atoms with Crippen LogP contribution in [-0.2, 0) is 22.7 Å². The van der Waals surface area contributed by atoms with E-state index in [2.05, 4.69) is 199 Å². The van der Waals surface area contributed by atoms with E-state index in [0.717, 1.165) is 90.6 Å². The molecule has 372 valence electrons. The van der Waals surface area contributed by atoms with Crippen LogP contribution < -0.4 is 15.1 Å². The van der Waals surface area contributed by atoms with E-state index in [9.17, 15) is 14.7 Å². The van der Waals surface area contributed by atoms with Crippen LogP contribution in [0.4, 0.5) is 11.4 Å². The molecule has 4 atom stereocenters. The number of anilines is 2. The summed E-state index contributed by atoms with van der Waals surface area (Å²) in [5, 5.41) is 12.9. The highest BCUT2D eigenvalue weighted by molar-refractivity contribution is 5.81. The Hall–Kier alpha value is -6.26. The summed E-state index contributed by atoms with van der Waals surface area (Å²) in [4.78, 5) is 37.3. The second-order valence-electron chi connectivity index (χ2n) is 20.6. The molecule has 6 aromatic carbocycles. The predicted molar refractivity (Wildman–Crippen MR) is 292 cm³/mol. The molecule has 0 saturated carbocycles. The number of hydrogen-bond acceptors (Lipinski definition) is 7. The lowest BCUT2D eigenvalue weighted by atomic mass is 9.87. The molecule has 4 aliphatic rings. The summed E-state index contributed by atoms with van der Waals surface area (Å²) in [6.45, 7) is 25.6. The average Bonchev–Trinajstić information content (AvgIpc) is 4.02. The Morgan fingerprint density at radius 3 is 1.34 bits per heavy atom. The summed E-state index contributed by atoms with van der Waals surface area (Å²) < 4.78 is 0. The van der Waals surface area contributed by atoms with Gasteiger partial charge in [-0.15, -0.1) is 0 Å². The summed E-state index contributed by atoms with van der Waals surface area (Å²) in [5.74, 6) is -0.376. The monoisotopic (exact) mass is 953 g/mol. The lowest BCUT2D eigenvalue weighted by Crippen LogP contribution is -2.51. The maximum absolute atomic E-state index is 13.9. The normalized spacial score (nSPS) is 20.5. The molecule has 4 heterocycles. The zero-order valence-corrected chi connectivity index (χ0v) is 43.1. The standard InChI is InChI=1S/C31H37N3O.C19H21NO2.C12H18N2/c1-23-10-13-27(14-11-23)28-21-32(20-26-7-5-4-6-8-26)22-29(28)31(35)34-17-15-33(16-18-34)30-19-24(2)9-12-25(30)3;1-14-7-9-16(10-8-14)17-12-20(13-18(17)19(21)22)11-15-5-3-2-4-6-15;1-10-3-4-11(2)12(9-10)14-7-5-13-6-8-14/h4-14,19,28-29H,15-18,20-22H2,1-3H3;2-10,17-18H,11-13H2,1H3,(H,21,22);3-4,9,13H,5-8H2,1-2H3/t28-,29+;17-,18+;/m00./s1. The van der Waals surface area contributed by atoms with Crippen LogP contribution in [0.25, 0.3) is 0 Å². The lowest BCUT2D eigenvalue weighted by molar-refractivity contribution is -0.141. The van der Waals surface area contributed by atoms with Crippen molar-refractivity contribution in [3.63, 3.8) is 0 Å². The van der Waals surface area contributed by atoms with E-state index >= 15 is 0 Å². The molecule has 0 aromatic heterocycles. The van der Waals surface area contributed by atoms with Crippen LogP contribution >= 0.6 is 0 Å². The number of aliphatic carboxylic acids is 1. The van der Waals surface area contributed by atoms with Crippen LogP contribution in [0.2, 0.25) is 0 Å². The van der Waals surface area contributed by atoms with Crippen LogP contribution in [0, 0.1) is 53.4 Å². The Labute approximate surface area is 424 Å². The highest BCUT2D eigenvalue weighted by Gasteiger charge is 2.41. The fourth-order valence-corrected chi connectivity index (χ4v) is 10.9. The molecule has 2 N–H and O–H groups in total. The molecule has 0 unspecified atom stereocenters. The Morgan fingerprint density at radius 1 is 0.479 bits per heavy atom. The molecular weight excluding hydrogens is 877 g/mol. The molecule has 71 heavy (non-hydrogen) atoms. The molecule has 0 bridgehead atoms. The molecule has 10 rings (SSSR count). The van der Waals surface area contributed by atoms with Crippen molar-refractivity contribution in [3.05, 3.63) is 201 Å². The Bertz CT molecular complexity index is 2640. The maximum atomic E-state index is 13.9. The minimum Gasteiger partial charge on any atom is -0.481 e. The number of benzene rings is 6. The molecule has 9 nitrogen and oxygen atoms in total. The van der Waals surface area contributed by atoms with E-state index in [-0.39, 0.29) is 23.7 Å². The first kappa shape index (κ1) is 51.1. The van der Waals surface area contributed by atoms with Gasteiger partial charge in [-0.2, -0.15) is 0 Å². The zero-order chi connectivity index (χ0) is 49.9. The molecule has 1 amide bonds. The number of amides is 1. The van der Waals surface area contributed by atoms with Gasteiger partial charge in [0, 0.05) is 115 Å². The van der Waals surface area contributed by atoms with Gasteiger partial charge in [-0.25, -0.2) is 0 Å².